The Morgan fingerprint density at radius 3 is 2.80 bits per heavy atom. The van der Waals surface area contributed by atoms with E-state index in [4.69, 9.17) is 0 Å². The van der Waals surface area contributed by atoms with Gasteiger partial charge in [0.1, 0.15) is 0 Å². The zero-order chi connectivity index (χ0) is 10.7. The van der Waals surface area contributed by atoms with Crippen molar-refractivity contribution in [3.05, 3.63) is 24.0 Å². The van der Waals surface area contributed by atoms with Gasteiger partial charge >= 0.3 is 6.03 Å². The zero-order valence-corrected chi connectivity index (χ0v) is 9.07. The summed E-state index contributed by atoms with van der Waals surface area (Å²) in [5.74, 6) is 0. The highest BCUT2D eigenvalue weighted by molar-refractivity contribution is 5.74. The average molecular weight is 207 g/mol. The number of urea groups is 1. The van der Waals surface area contributed by atoms with Gasteiger partial charge in [-0.25, -0.2) is 4.79 Å². The maximum absolute atomic E-state index is 11.6. The normalized spacial score (nSPS) is 15.7. The Kier molecular flexibility index (Phi) is 2.94. The monoisotopic (exact) mass is 207 g/mol. The summed E-state index contributed by atoms with van der Waals surface area (Å²) in [5, 5.41) is 2.93. The standard InChI is InChI=1S/C11H17N3O/c1-13-7-4-10(9-13)8-12-11(15)14-5-2-3-6-14/h4,7,9H,2-3,5-6,8H2,1H3,(H,12,15). The fourth-order valence-electron chi connectivity index (χ4n) is 1.88. The maximum atomic E-state index is 11.6. The highest BCUT2D eigenvalue weighted by atomic mass is 16.2. The lowest BCUT2D eigenvalue weighted by molar-refractivity contribution is 0.208. The predicted octanol–water partition coefficient (Wildman–Crippen LogP) is 1.33. The van der Waals surface area contributed by atoms with Crippen LogP contribution >= 0.6 is 0 Å². The van der Waals surface area contributed by atoms with Crippen molar-refractivity contribution < 1.29 is 4.79 Å². The Bertz CT molecular complexity index is 339. The summed E-state index contributed by atoms with van der Waals surface area (Å²) in [6.07, 6.45) is 6.28. The first-order valence-corrected chi connectivity index (χ1v) is 5.39. The summed E-state index contributed by atoms with van der Waals surface area (Å²) in [5.41, 5.74) is 1.14. The molecule has 2 rings (SSSR count). The van der Waals surface area contributed by atoms with Gasteiger partial charge in [-0.05, 0) is 24.5 Å². The van der Waals surface area contributed by atoms with Gasteiger partial charge in [0.05, 0.1) is 0 Å². The highest BCUT2D eigenvalue weighted by Gasteiger charge is 2.16. The van der Waals surface area contributed by atoms with Crippen LogP contribution in [0.2, 0.25) is 0 Å². The van der Waals surface area contributed by atoms with Crippen molar-refractivity contribution in [3.63, 3.8) is 0 Å². The second-order valence-corrected chi connectivity index (χ2v) is 4.04. The number of carbonyl (C=O) groups excluding carboxylic acids is 1. The van der Waals surface area contributed by atoms with Gasteiger partial charge in [0.2, 0.25) is 0 Å². The third-order valence-electron chi connectivity index (χ3n) is 2.73. The van der Waals surface area contributed by atoms with Crippen molar-refractivity contribution in [1.82, 2.24) is 14.8 Å². The molecule has 1 aliphatic rings. The fraction of sp³-hybridized carbons (Fsp3) is 0.545. The van der Waals surface area contributed by atoms with Gasteiger partial charge in [-0.1, -0.05) is 0 Å². The van der Waals surface area contributed by atoms with Crippen LogP contribution < -0.4 is 5.32 Å². The molecule has 0 bridgehead atoms. The minimum absolute atomic E-state index is 0.0661. The molecule has 4 heteroatoms. The molecule has 1 saturated heterocycles. The topological polar surface area (TPSA) is 37.3 Å². The first-order chi connectivity index (χ1) is 7.25. The lowest BCUT2D eigenvalue weighted by atomic mass is 10.3. The minimum Gasteiger partial charge on any atom is -0.357 e. The summed E-state index contributed by atoms with van der Waals surface area (Å²) >= 11 is 0. The maximum Gasteiger partial charge on any atom is 0.317 e. The van der Waals surface area contributed by atoms with Crippen LogP contribution in [0.4, 0.5) is 4.79 Å². The van der Waals surface area contributed by atoms with Crippen LogP contribution in [-0.2, 0) is 13.6 Å². The Hall–Kier alpha value is -1.45. The Morgan fingerprint density at radius 1 is 1.47 bits per heavy atom. The first kappa shape index (κ1) is 10.1. The molecule has 1 aliphatic heterocycles. The van der Waals surface area contributed by atoms with E-state index < -0.39 is 0 Å². The van der Waals surface area contributed by atoms with Crippen LogP contribution in [0.25, 0.3) is 0 Å². The summed E-state index contributed by atoms with van der Waals surface area (Å²) in [6, 6.07) is 2.08. The van der Waals surface area contributed by atoms with Crippen LogP contribution in [0.1, 0.15) is 18.4 Å². The van der Waals surface area contributed by atoms with Gasteiger partial charge in [-0.3, -0.25) is 0 Å². The second kappa shape index (κ2) is 4.38. The van der Waals surface area contributed by atoms with Crippen LogP contribution in [0, 0.1) is 0 Å². The van der Waals surface area contributed by atoms with Gasteiger partial charge in [0, 0.05) is 39.1 Å². The third kappa shape index (κ3) is 2.52. The van der Waals surface area contributed by atoms with E-state index in [9.17, 15) is 4.79 Å². The predicted molar refractivity (Wildman–Crippen MR) is 58.5 cm³/mol. The van der Waals surface area contributed by atoms with Crippen molar-refractivity contribution in [2.24, 2.45) is 7.05 Å². The largest absolute Gasteiger partial charge is 0.357 e. The van der Waals surface area contributed by atoms with E-state index in [1.165, 1.54) is 0 Å². The first-order valence-electron chi connectivity index (χ1n) is 5.39. The lowest BCUT2D eigenvalue weighted by Gasteiger charge is -2.15. The van der Waals surface area contributed by atoms with Crippen molar-refractivity contribution in [1.29, 1.82) is 0 Å². The van der Waals surface area contributed by atoms with E-state index >= 15 is 0 Å². The molecule has 4 nitrogen and oxygen atoms in total. The van der Waals surface area contributed by atoms with Crippen LogP contribution in [0.5, 0.6) is 0 Å². The summed E-state index contributed by atoms with van der Waals surface area (Å²) in [7, 11) is 1.98. The molecule has 1 N–H and O–H groups in total. The smallest absolute Gasteiger partial charge is 0.317 e. The molecule has 0 radical (unpaired) electrons. The number of likely N-dealkylation sites (tertiary alicyclic amines) is 1. The van der Waals surface area contributed by atoms with E-state index in [0.717, 1.165) is 31.5 Å². The molecule has 0 aromatic carbocycles. The molecule has 0 aliphatic carbocycles. The molecule has 1 aromatic rings. The average Bonchev–Trinajstić information content (AvgIpc) is 2.84. The molecule has 0 atom stereocenters. The molecule has 2 heterocycles. The molecule has 0 saturated carbocycles. The molecule has 82 valence electrons. The molecule has 1 aromatic heterocycles. The second-order valence-electron chi connectivity index (χ2n) is 4.04. The molecular formula is C11H17N3O. The number of aryl methyl sites for hydroxylation is 1. The Morgan fingerprint density at radius 2 is 2.20 bits per heavy atom. The zero-order valence-electron chi connectivity index (χ0n) is 9.07. The van der Waals surface area contributed by atoms with Crippen molar-refractivity contribution in [2.75, 3.05) is 13.1 Å². The summed E-state index contributed by atoms with van der Waals surface area (Å²) in [4.78, 5) is 13.5. The van der Waals surface area contributed by atoms with E-state index in [0.29, 0.717) is 6.54 Å². The van der Waals surface area contributed by atoms with Crippen LogP contribution in [0.3, 0.4) is 0 Å². The lowest BCUT2D eigenvalue weighted by Crippen LogP contribution is -2.37. The van der Waals surface area contributed by atoms with Crippen molar-refractivity contribution in [3.8, 4) is 0 Å². The number of nitrogens with zero attached hydrogens (tertiary/aromatic N) is 2. The number of carbonyl (C=O) groups is 1. The molecule has 15 heavy (non-hydrogen) atoms. The number of nitrogens with one attached hydrogen (secondary N) is 1. The van der Waals surface area contributed by atoms with E-state index in [1.54, 1.807) is 0 Å². The molecule has 0 unspecified atom stereocenters. The van der Waals surface area contributed by atoms with Crippen LogP contribution in [0.15, 0.2) is 18.5 Å². The van der Waals surface area contributed by atoms with Gasteiger partial charge in [0.25, 0.3) is 0 Å². The number of rotatable bonds is 2. The van der Waals surface area contributed by atoms with Crippen molar-refractivity contribution >= 4 is 6.03 Å². The summed E-state index contributed by atoms with van der Waals surface area (Å²) < 4.78 is 1.98. The number of hydrogen-bond acceptors (Lipinski definition) is 1. The van der Waals surface area contributed by atoms with E-state index in [1.807, 2.05) is 35.0 Å². The van der Waals surface area contributed by atoms with Crippen LogP contribution in [-0.4, -0.2) is 28.6 Å². The Balaban J connectivity index is 1.80. The molecule has 2 amide bonds. The number of amides is 2. The number of hydrogen-bond donors (Lipinski definition) is 1. The van der Waals surface area contributed by atoms with Gasteiger partial charge in [-0.2, -0.15) is 0 Å². The highest BCUT2D eigenvalue weighted by Crippen LogP contribution is 2.07. The molecule has 1 fully saturated rings. The summed E-state index contributed by atoms with van der Waals surface area (Å²) in [6.45, 7) is 2.43. The van der Waals surface area contributed by atoms with Gasteiger partial charge < -0.3 is 14.8 Å². The van der Waals surface area contributed by atoms with Crippen molar-refractivity contribution in [2.45, 2.75) is 19.4 Å². The van der Waals surface area contributed by atoms with Gasteiger partial charge in [-0.15, -0.1) is 0 Å². The number of aromatic nitrogens is 1. The van der Waals surface area contributed by atoms with E-state index in [-0.39, 0.29) is 6.03 Å². The molecule has 0 spiro atoms. The quantitative estimate of drug-likeness (QED) is 0.780. The Labute approximate surface area is 89.9 Å². The minimum atomic E-state index is 0.0661. The SMILES string of the molecule is Cn1ccc(CNC(=O)N2CCCC2)c1. The fourth-order valence-corrected chi connectivity index (χ4v) is 1.88. The van der Waals surface area contributed by atoms with E-state index in [2.05, 4.69) is 5.32 Å². The third-order valence-corrected chi connectivity index (χ3v) is 2.73. The molecular weight excluding hydrogens is 190 g/mol. The van der Waals surface area contributed by atoms with Gasteiger partial charge in [0.15, 0.2) is 0 Å².